The number of carbonyl (C=O) groups excluding carboxylic acids is 1. The maximum atomic E-state index is 13.7. The van der Waals surface area contributed by atoms with Gasteiger partial charge in [0.2, 0.25) is 0 Å². The van der Waals surface area contributed by atoms with Crippen LogP contribution in [0.25, 0.3) is 22.0 Å². The molecular weight excluding hydrogens is 469 g/mol. The van der Waals surface area contributed by atoms with E-state index in [1.165, 1.54) is 16.8 Å². The second kappa shape index (κ2) is 10.2. The summed E-state index contributed by atoms with van der Waals surface area (Å²) in [6.07, 6.45) is 1.65. The van der Waals surface area contributed by atoms with Crippen molar-refractivity contribution in [3.63, 3.8) is 0 Å². The van der Waals surface area contributed by atoms with Gasteiger partial charge in [-0.25, -0.2) is 14.1 Å². The Morgan fingerprint density at radius 2 is 1.62 bits per heavy atom. The molecule has 0 unspecified atom stereocenters. The molecule has 0 atom stereocenters. The lowest BCUT2D eigenvalue weighted by Gasteiger charge is -2.15. The Kier molecular flexibility index (Phi) is 6.64. The van der Waals surface area contributed by atoms with Gasteiger partial charge in [-0.05, 0) is 41.8 Å². The third kappa shape index (κ3) is 5.04. The molecule has 3 aromatic carbocycles. The number of benzene rings is 3. The van der Waals surface area contributed by atoms with Gasteiger partial charge in [0, 0.05) is 17.5 Å². The zero-order valence-corrected chi connectivity index (χ0v) is 20.6. The van der Waals surface area contributed by atoms with E-state index in [4.69, 9.17) is 0 Å². The van der Waals surface area contributed by atoms with Crippen LogP contribution >= 0.6 is 0 Å². The highest BCUT2D eigenvalue weighted by Crippen LogP contribution is 2.28. The second-order valence-electron chi connectivity index (χ2n) is 9.29. The van der Waals surface area contributed by atoms with E-state index >= 15 is 0 Å². The summed E-state index contributed by atoms with van der Waals surface area (Å²) in [5, 5.41) is 8.36. The monoisotopic (exact) mass is 495 g/mol. The van der Waals surface area contributed by atoms with Gasteiger partial charge in [0.1, 0.15) is 17.3 Å². The highest BCUT2D eigenvalue weighted by Gasteiger charge is 2.21. The van der Waals surface area contributed by atoms with E-state index in [-0.39, 0.29) is 23.0 Å². The molecule has 2 aromatic heterocycles. The number of imidazole rings is 1. The number of nitrogens with one attached hydrogen (secondary N) is 1. The molecule has 0 bridgehead atoms. The molecule has 0 fully saturated rings. The van der Waals surface area contributed by atoms with Crippen LogP contribution in [0.4, 0.5) is 10.2 Å². The first-order chi connectivity index (χ1) is 17.9. The zero-order valence-electron chi connectivity index (χ0n) is 20.6. The summed E-state index contributed by atoms with van der Waals surface area (Å²) in [5.41, 5.74) is 2.10. The van der Waals surface area contributed by atoms with Gasteiger partial charge in [0.15, 0.2) is 5.69 Å². The minimum atomic E-state index is -0.466. The van der Waals surface area contributed by atoms with Crippen LogP contribution in [0, 0.1) is 11.7 Å². The Bertz CT molecular complexity index is 1620. The average Bonchev–Trinajstić information content (AvgIpc) is 3.28. The topological polar surface area (TPSA) is 81.8 Å². The van der Waals surface area contributed by atoms with Gasteiger partial charge in [0.05, 0.1) is 18.3 Å². The van der Waals surface area contributed by atoms with Crippen molar-refractivity contribution in [2.45, 2.75) is 26.9 Å². The molecule has 8 heteroatoms. The van der Waals surface area contributed by atoms with E-state index in [2.05, 4.69) is 15.4 Å². The lowest BCUT2D eigenvalue weighted by molar-refractivity contribution is 0.102. The molecule has 37 heavy (non-hydrogen) atoms. The molecule has 0 aliphatic heterocycles. The summed E-state index contributed by atoms with van der Waals surface area (Å²) in [4.78, 5) is 31.3. The quantitative estimate of drug-likeness (QED) is 0.330. The maximum Gasteiger partial charge on any atom is 0.277 e. The molecule has 0 aliphatic rings. The normalized spacial score (nSPS) is 11.2. The predicted molar refractivity (Wildman–Crippen MR) is 142 cm³/mol. The summed E-state index contributed by atoms with van der Waals surface area (Å²) in [6, 6.07) is 22.7. The molecule has 0 aliphatic carbocycles. The number of hydrogen-bond acceptors (Lipinski definition) is 4. The van der Waals surface area contributed by atoms with E-state index in [1.807, 2.05) is 48.7 Å². The van der Waals surface area contributed by atoms with Gasteiger partial charge in [0.25, 0.3) is 11.5 Å². The van der Waals surface area contributed by atoms with E-state index in [9.17, 15) is 14.0 Å². The van der Waals surface area contributed by atoms with Crippen molar-refractivity contribution >= 4 is 22.5 Å². The number of carbonyl (C=O) groups is 1. The molecule has 0 saturated carbocycles. The number of amides is 1. The first kappa shape index (κ1) is 24.1. The summed E-state index contributed by atoms with van der Waals surface area (Å²) >= 11 is 0. The third-order valence-electron chi connectivity index (χ3n) is 6.00. The van der Waals surface area contributed by atoms with Crippen LogP contribution in [-0.4, -0.2) is 25.2 Å². The van der Waals surface area contributed by atoms with Crippen LogP contribution in [0.2, 0.25) is 0 Å². The van der Waals surface area contributed by atoms with Gasteiger partial charge >= 0.3 is 0 Å². The van der Waals surface area contributed by atoms with Crippen LogP contribution in [0.5, 0.6) is 0 Å². The molecule has 0 saturated heterocycles. The molecule has 2 heterocycles. The molecule has 1 N–H and O–H groups in total. The largest absolute Gasteiger partial charge is 0.312 e. The van der Waals surface area contributed by atoms with E-state index in [0.29, 0.717) is 40.9 Å². The molecule has 7 nitrogen and oxygen atoms in total. The summed E-state index contributed by atoms with van der Waals surface area (Å²) < 4.78 is 16.8. The minimum absolute atomic E-state index is 0.147. The summed E-state index contributed by atoms with van der Waals surface area (Å²) in [6.45, 7) is 4.82. The average molecular weight is 496 g/mol. The van der Waals surface area contributed by atoms with E-state index in [1.54, 1.807) is 42.7 Å². The van der Waals surface area contributed by atoms with Crippen molar-refractivity contribution in [2.24, 2.45) is 5.92 Å². The van der Waals surface area contributed by atoms with E-state index < -0.39 is 5.91 Å². The Morgan fingerprint density at radius 3 is 2.32 bits per heavy atom. The lowest BCUT2D eigenvalue weighted by atomic mass is 10.1. The predicted octanol–water partition coefficient (Wildman–Crippen LogP) is 5.36. The van der Waals surface area contributed by atoms with Crippen molar-refractivity contribution in [1.82, 2.24) is 19.3 Å². The Morgan fingerprint density at radius 1 is 0.946 bits per heavy atom. The highest BCUT2D eigenvalue weighted by molar-refractivity contribution is 6.11. The SMILES string of the molecule is CC(C)Cn1nc(C(=O)Nc2c(-c3ccc(F)cc3)ncn2Cc2ccccc2)c2ccccc2c1=O. The van der Waals surface area contributed by atoms with Crippen LogP contribution in [-0.2, 0) is 13.1 Å². The van der Waals surface area contributed by atoms with Crippen molar-refractivity contribution in [2.75, 3.05) is 5.32 Å². The molecule has 0 radical (unpaired) electrons. The van der Waals surface area contributed by atoms with Crippen molar-refractivity contribution < 1.29 is 9.18 Å². The first-order valence-electron chi connectivity index (χ1n) is 12.1. The van der Waals surface area contributed by atoms with Crippen LogP contribution in [0.15, 0.2) is 90.0 Å². The second-order valence-corrected chi connectivity index (χ2v) is 9.29. The van der Waals surface area contributed by atoms with E-state index in [0.717, 1.165) is 5.56 Å². The summed E-state index contributed by atoms with van der Waals surface area (Å²) in [5.74, 6) is -0.208. The number of fused-ring (bicyclic) bond motifs is 1. The number of nitrogens with zero attached hydrogens (tertiary/aromatic N) is 4. The van der Waals surface area contributed by atoms with Gasteiger partial charge in [-0.3, -0.25) is 9.59 Å². The third-order valence-corrected chi connectivity index (χ3v) is 6.00. The fourth-order valence-electron chi connectivity index (χ4n) is 4.27. The fourth-order valence-corrected chi connectivity index (χ4v) is 4.27. The molecule has 5 aromatic rings. The molecule has 186 valence electrons. The molecular formula is C29H26FN5O2. The van der Waals surface area contributed by atoms with Crippen LogP contribution in [0.3, 0.4) is 0 Å². The van der Waals surface area contributed by atoms with Crippen molar-refractivity contribution in [1.29, 1.82) is 0 Å². The zero-order chi connectivity index (χ0) is 25.9. The van der Waals surface area contributed by atoms with Gasteiger partial charge in [-0.15, -0.1) is 0 Å². The summed E-state index contributed by atoms with van der Waals surface area (Å²) in [7, 11) is 0. The smallest absolute Gasteiger partial charge is 0.277 e. The van der Waals surface area contributed by atoms with Gasteiger partial charge in [-0.1, -0.05) is 62.4 Å². The number of hydrogen-bond donors (Lipinski definition) is 1. The minimum Gasteiger partial charge on any atom is -0.312 e. The highest BCUT2D eigenvalue weighted by atomic mass is 19.1. The Labute approximate surface area is 213 Å². The maximum absolute atomic E-state index is 13.7. The molecule has 0 spiro atoms. The first-order valence-corrected chi connectivity index (χ1v) is 12.1. The number of rotatable bonds is 7. The number of halogens is 1. The van der Waals surface area contributed by atoms with Crippen LogP contribution < -0.4 is 10.9 Å². The standard InChI is InChI=1S/C29H26FN5O2/c1-19(2)16-35-29(37)24-11-7-6-10-23(24)26(33-35)28(36)32-27-25(21-12-14-22(30)15-13-21)31-18-34(27)17-20-8-4-3-5-9-20/h3-15,18-19H,16-17H2,1-2H3,(H,32,36). The fraction of sp³-hybridized carbons (Fsp3) is 0.172. The molecule has 5 rings (SSSR count). The number of aromatic nitrogens is 4. The Balaban J connectivity index is 1.60. The van der Waals surface area contributed by atoms with Crippen LogP contribution in [0.1, 0.15) is 29.9 Å². The van der Waals surface area contributed by atoms with Crippen molar-refractivity contribution in [3.05, 3.63) is 113 Å². The van der Waals surface area contributed by atoms with Crippen molar-refractivity contribution in [3.8, 4) is 11.3 Å². The Hall–Kier alpha value is -4.59. The number of anilines is 1. The van der Waals surface area contributed by atoms with Gasteiger partial charge < -0.3 is 9.88 Å². The van der Waals surface area contributed by atoms with Gasteiger partial charge in [-0.2, -0.15) is 5.10 Å². The lowest BCUT2D eigenvalue weighted by Crippen LogP contribution is -2.29. The molecule has 1 amide bonds.